The Morgan fingerprint density at radius 3 is 2.45 bits per heavy atom. The smallest absolute Gasteiger partial charge is 0.142 e. The van der Waals surface area contributed by atoms with Crippen molar-refractivity contribution in [1.29, 1.82) is 0 Å². The van der Waals surface area contributed by atoms with Crippen LogP contribution in [0.25, 0.3) is 0 Å². The maximum Gasteiger partial charge on any atom is 0.142 e. The molecule has 0 amide bonds. The lowest BCUT2D eigenvalue weighted by Gasteiger charge is -2.49. The van der Waals surface area contributed by atoms with E-state index in [4.69, 9.17) is 10.5 Å². The minimum Gasteiger partial charge on any atom is -0.490 e. The van der Waals surface area contributed by atoms with Crippen LogP contribution >= 0.6 is 0 Å². The summed E-state index contributed by atoms with van der Waals surface area (Å²) in [5, 5.41) is 0. The Hall–Kier alpha value is -1.26. The topological polar surface area (TPSA) is 41.7 Å². The SMILES string of the molecule is CN(CCOc1ccccc1N)CC1(N(C)C)CCC1. The number of nitrogens with two attached hydrogens (primary N) is 1. The molecule has 0 radical (unpaired) electrons. The number of hydrogen-bond acceptors (Lipinski definition) is 4. The van der Waals surface area contributed by atoms with Crippen LogP contribution in [0.15, 0.2) is 24.3 Å². The van der Waals surface area contributed by atoms with Gasteiger partial charge in [0.1, 0.15) is 12.4 Å². The molecule has 0 unspecified atom stereocenters. The van der Waals surface area contributed by atoms with E-state index >= 15 is 0 Å². The minimum absolute atomic E-state index is 0.376. The van der Waals surface area contributed by atoms with Crippen molar-refractivity contribution in [3.63, 3.8) is 0 Å². The highest BCUT2D eigenvalue weighted by atomic mass is 16.5. The summed E-state index contributed by atoms with van der Waals surface area (Å²) >= 11 is 0. The highest BCUT2D eigenvalue weighted by molar-refractivity contribution is 5.51. The largest absolute Gasteiger partial charge is 0.490 e. The van der Waals surface area contributed by atoms with Crippen LogP contribution in [0.2, 0.25) is 0 Å². The van der Waals surface area contributed by atoms with Crippen molar-refractivity contribution in [2.45, 2.75) is 24.8 Å². The van der Waals surface area contributed by atoms with Crippen molar-refractivity contribution in [2.24, 2.45) is 0 Å². The molecule has 0 aliphatic heterocycles. The van der Waals surface area contributed by atoms with Gasteiger partial charge >= 0.3 is 0 Å². The third-order valence-corrected chi connectivity index (χ3v) is 4.45. The van der Waals surface area contributed by atoms with Gasteiger partial charge < -0.3 is 20.3 Å². The number of anilines is 1. The van der Waals surface area contributed by atoms with Gasteiger partial charge in [0.15, 0.2) is 0 Å². The van der Waals surface area contributed by atoms with Crippen LogP contribution in [0, 0.1) is 0 Å². The normalized spacial score (nSPS) is 17.2. The first-order chi connectivity index (χ1) is 9.53. The van der Waals surface area contributed by atoms with Gasteiger partial charge in [-0.2, -0.15) is 0 Å². The zero-order valence-electron chi connectivity index (χ0n) is 12.9. The molecule has 20 heavy (non-hydrogen) atoms. The molecule has 1 aliphatic rings. The quantitative estimate of drug-likeness (QED) is 0.775. The molecule has 4 heteroatoms. The first-order valence-electron chi connectivity index (χ1n) is 7.37. The predicted molar refractivity (Wildman–Crippen MR) is 84.1 cm³/mol. The number of ether oxygens (including phenoxy) is 1. The number of para-hydroxylation sites is 2. The van der Waals surface area contributed by atoms with Crippen LogP contribution in [-0.4, -0.2) is 56.2 Å². The maximum atomic E-state index is 5.86. The summed E-state index contributed by atoms with van der Waals surface area (Å²) in [5.41, 5.74) is 6.95. The fourth-order valence-electron chi connectivity index (χ4n) is 2.84. The average molecular weight is 277 g/mol. The van der Waals surface area contributed by atoms with Crippen molar-refractivity contribution in [1.82, 2.24) is 9.80 Å². The second kappa shape index (κ2) is 6.46. The zero-order valence-corrected chi connectivity index (χ0v) is 12.9. The molecule has 0 atom stereocenters. The molecule has 1 aliphatic carbocycles. The molecule has 0 saturated heterocycles. The van der Waals surface area contributed by atoms with Crippen LogP contribution in [0.1, 0.15) is 19.3 Å². The van der Waals surface area contributed by atoms with Gasteiger partial charge in [0.05, 0.1) is 5.69 Å². The lowest BCUT2D eigenvalue weighted by atomic mass is 9.75. The maximum absolute atomic E-state index is 5.86. The van der Waals surface area contributed by atoms with Gasteiger partial charge in [-0.05, 0) is 52.5 Å². The van der Waals surface area contributed by atoms with E-state index in [1.807, 2.05) is 24.3 Å². The molecule has 1 saturated carbocycles. The van der Waals surface area contributed by atoms with E-state index in [2.05, 4.69) is 30.9 Å². The van der Waals surface area contributed by atoms with Crippen LogP contribution in [0.3, 0.4) is 0 Å². The van der Waals surface area contributed by atoms with Gasteiger partial charge in [-0.3, -0.25) is 0 Å². The zero-order chi connectivity index (χ0) is 14.6. The lowest BCUT2D eigenvalue weighted by Crippen LogP contribution is -2.57. The van der Waals surface area contributed by atoms with E-state index in [-0.39, 0.29) is 0 Å². The van der Waals surface area contributed by atoms with E-state index in [0.29, 0.717) is 17.8 Å². The highest BCUT2D eigenvalue weighted by Gasteiger charge is 2.39. The van der Waals surface area contributed by atoms with Crippen LogP contribution < -0.4 is 10.5 Å². The third-order valence-electron chi connectivity index (χ3n) is 4.45. The monoisotopic (exact) mass is 277 g/mol. The molecule has 4 nitrogen and oxygen atoms in total. The Balaban J connectivity index is 1.75. The fraction of sp³-hybridized carbons (Fsp3) is 0.625. The van der Waals surface area contributed by atoms with E-state index in [1.165, 1.54) is 19.3 Å². The van der Waals surface area contributed by atoms with E-state index in [9.17, 15) is 0 Å². The van der Waals surface area contributed by atoms with Crippen molar-refractivity contribution in [2.75, 3.05) is 46.6 Å². The third kappa shape index (κ3) is 3.44. The fourth-order valence-corrected chi connectivity index (χ4v) is 2.84. The summed E-state index contributed by atoms with van der Waals surface area (Å²) in [6.45, 7) is 2.70. The van der Waals surface area contributed by atoms with Crippen molar-refractivity contribution < 1.29 is 4.74 Å². The Morgan fingerprint density at radius 2 is 1.90 bits per heavy atom. The van der Waals surface area contributed by atoms with Crippen molar-refractivity contribution >= 4 is 5.69 Å². The van der Waals surface area contributed by atoms with Crippen molar-refractivity contribution in [3.05, 3.63) is 24.3 Å². The molecule has 0 spiro atoms. The summed E-state index contributed by atoms with van der Waals surface area (Å²) in [6.07, 6.45) is 3.96. The number of nitrogens with zero attached hydrogens (tertiary/aromatic N) is 2. The van der Waals surface area contributed by atoms with E-state index < -0.39 is 0 Å². The molecule has 1 aromatic rings. The first kappa shape index (κ1) is 15.1. The second-order valence-corrected chi connectivity index (χ2v) is 6.10. The molecular weight excluding hydrogens is 250 g/mol. The number of rotatable bonds is 7. The number of nitrogen functional groups attached to an aromatic ring is 1. The molecule has 2 N–H and O–H groups in total. The summed E-state index contributed by atoms with van der Waals surface area (Å²) in [6, 6.07) is 7.66. The minimum atomic E-state index is 0.376. The Kier molecular flexibility index (Phi) is 4.89. The highest BCUT2D eigenvalue weighted by Crippen LogP contribution is 2.36. The molecule has 112 valence electrons. The predicted octanol–water partition coefficient (Wildman–Crippen LogP) is 2.06. The van der Waals surface area contributed by atoms with Crippen molar-refractivity contribution in [3.8, 4) is 5.75 Å². The summed E-state index contributed by atoms with van der Waals surface area (Å²) in [7, 11) is 6.55. The molecule has 0 bridgehead atoms. The van der Waals surface area contributed by atoms with Gasteiger partial charge in [0.25, 0.3) is 0 Å². The Morgan fingerprint density at radius 1 is 1.20 bits per heavy atom. The van der Waals surface area contributed by atoms with Crippen LogP contribution in [-0.2, 0) is 0 Å². The Labute approximate surface area is 122 Å². The summed E-state index contributed by atoms with van der Waals surface area (Å²) in [5.74, 6) is 0.784. The van der Waals surface area contributed by atoms with Crippen LogP contribution in [0.5, 0.6) is 5.75 Å². The number of likely N-dealkylation sites (N-methyl/N-ethyl adjacent to an activating group) is 2. The number of benzene rings is 1. The van der Waals surface area contributed by atoms with Crippen LogP contribution in [0.4, 0.5) is 5.69 Å². The lowest BCUT2D eigenvalue weighted by molar-refractivity contribution is 0.0250. The molecule has 2 rings (SSSR count). The molecule has 1 fully saturated rings. The molecule has 0 aromatic heterocycles. The Bertz CT molecular complexity index is 429. The van der Waals surface area contributed by atoms with Gasteiger partial charge in [-0.15, -0.1) is 0 Å². The number of hydrogen-bond donors (Lipinski definition) is 1. The first-order valence-corrected chi connectivity index (χ1v) is 7.37. The van der Waals surface area contributed by atoms with Gasteiger partial charge in [0, 0.05) is 18.6 Å². The molecule has 0 heterocycles. The van der Waals surface area contributed by atoms with Gasteiger partial charge in [0.2, 0.25) is 0 Å². The van der Waals surface area contributed by atoms with Gasteiger partial charge in [-0.25, -0.2) is 0 Å². The summed E-state index contributed by atoms with van der Waals surface area (Å²) < 4.78 is 5.75. The standard InChI is InChI=1S/C16H27N3O/c1-18(2)16(9-6-10-16)13-19(3)11-12-20-15-8-5-4-7-14(15)17/h4-5,7-8H,6,9-13,17H2,1-3H3. The molecule has 1 aromatic carbocycles. The average Bonchev–Trinajstić information content (AvgIpc) is 2.36. The second-order valence-electron chi connectivity index (χ2n) is 6.10. The molecular formula is C16H27N3O. The van der Waals surface area contributed by atoms with E-state index in [1.54, 1.807) is 0 Å². The van der Waals surface area contributed by atoms with Gasteiger partial charge in [-0.1, -0.05) is 12.1 Å². The van der Waals surface area contributed by atoms with E-state index in [0.717, 1.165) is 18.8 Å². The summed E-state index contributed by atoms with van der Waals surface area (Å²) in [4.78, 5) is 4.74.